The smallest absolute Gasteiger partial charge is 0.285 e. The highest BCUT2D eigenvalue weighted by molar-refractivity contribution is 9.10. The molecule has 0 aromatic heterocycles. The molecule has 0 spiro atoms. The highest BCUT2D eigenvalue weighted by Crippen LogP contribution is 2.24. The quantitative estimate of drug-likeness (QED) is 0.668. The van der Waals surface area contributed by atoms with Crippen molar-refractivity contribution in [2.75, 3.05) is 5.32 Å². The number of nitro benzene ring substituents is 1. The molecule has 2 rings (SSSR count). The van der Waals surface area contributed by atoms with Gasteiger partial charge in [-0.1, -0.05) is 22.0 Å². The summed E-state index contributed by atoms with van der Waals surface area (Å²) >= 11 is 3.28. The topological polar surface area (TPSA) is 72.2 Å². The molecule has 0 heterocycles. The van der Waals surface area contributed by atoms with E-state index in [9.17, 15) is 19.3 Å². The van der Waals surface area contributed by atoms with Gasteiger partial charge in [-0.2, -0.15) is 0 Å². The van der Waals surface area contributed by atoms with Crippen LogP contribution in [0.2, 0.25) is 0 Å². The predicted molar refractivity (Wildman–Crippen MR) is 79.9 cm³/mol. The van der Waals surface area contributed by atoms with Crippen LogP contribution in [0.15, 0.2) is 40.9 Å². The zero-order valence-electron chi connectivity index (χ0n) is 10.9. The van der Waals surface area contributed by atoms with Gasteiger partial charge in [-0.05, 0) is 36.8 Å². The van der Waals surface area contributed by atoms with Gasteiger partial charge in [0.2, 0.25) is 0 Å². The van der Waals surface area contributed by atoms with Crippen LogP contribution >= 0.6 is 15.9 Å². The monoisotopic (exact) mass is 352 g/mol. The van der Waals surface area contributed by atoms with Gasteiger partial charge in [0.15, 0.2) is 0 Å². The number of rotatable bonds is 3. The lowest BCUT2D eigenvalue weighted by molar-refractivity contribution is -0.385. The van der Waals surface area contributed by atoms with Crippen LogP contribution in [0.4, 0.5) is 15.8 Å². The standard InChI is InChI=1S/C14H10BrFN2O3/c1-8-2-3-9(15)6-12(8)17-14(19)11-5-4-10(16)7-13(11)18(20)21/h2-7H,1H3,(H,17,19). The summed E-state index contributed by atoms with van der Waals surface area (Å²) in [6.45, 7) is 1.79. The van der Waals surface area contributed by atoms with Crippen LogP contribution in [0.3, 0.4) is 0 Å². The zero-order valence-corrected chi connectivity index (χ0v) is 12.5. The van der Waals surface area contributed by atoms with E-state index in [0.717, 1.165) is 28.2 Å². The Morgan fingerprint density at radius 2 is 2.00 bits per heavy atom. The fourth-order valence-corrected chi connectivity index (χ4v) is 2.13. The Labute approximate surface area is 128 Å². The molecule has 0 aliphatic rings. The molecule has 1 N–H and O–H groups in total. The van der Waals surface area contributed by atoms with Crippen molar-refractivity contribution < 1.29 is 14.1 Å². The normalized spacial score (nSPS) is 10.2. The number of benzene rings is 2. The molecule has 0 saturated heterocycles. The van der Waals surface area contributed by atoms with Crippen molar-refractivity contribution in [1.82, 2.24) is 0 Å². The minimum Gasteiger partial charge on any atom is -0.321 e. The molecule has 108 valence electrons. The molecule has 2 aromatic carbocycles. The summed E-state index contributed by atoms with van der Waals surface area (Å²) in [5.74, 6) is -1.43. The van der Waals surface area contributed by atoms with Gasteiger partial charge < -0.3 is 5.32 Å². The average Bonchev–Trinajstić information content (AvgIpc) is 2.42. The Hall–Kier alpha value is -2.28. The first kappa shape index (κ1) is 15.1. The van der Waals surface area contributed by atoms with E-state index in [4.69, 9.17) is 0 Å². The van der Waals surface area contributed by atoms with E-state index in [2.05, 4.69) is 21.2 Å². The van der Waals surface area contributed by atoms with Crippen molar-refractivity contribution in [3.05, 3.63) is 67.9 Å². The lowest BCUT2D eigenvalue weighted by Gasteiger charge is -2.09. The van der Waals surface area contributed by atoms with Gasteiger partial charge >= 0.3 is 0 Å². The number of anilines is 1. The summed E-state index contributed by atoms with van der Waals surface area (Å²) in [7, 11) is 0. The van der Waals surface area contributed by atoms with Gasteiger partial charge in [-0.3, -0.25) is 14.9 Å². The molecule has 0 aliphatic heterocycles. The molecule has 0 bridgehead atoms. The van der Waals surface area contributed by atoms with E-state index in [1.54, 1.807) is 19.1 Å². The van der Waals surface area contributed by atoms with E-state index in [-0.39, 0.29) is 5.56 Å². The van der Waals surface area contributed by atoms with Crippen LogP contribution in [0.1, 0.15) is 15.9 Å². The molecular formula is C14H10BrFN2O3. The molecule has 0 radical (unpaired) electrons. The van der Waals surface area contributed by atoms with Crippen molar-refractivity contribution in [1.29, 1.82) is 0 Å². The second-order valence-electron chi connectivity index (χ2n) is 4.33. The molecule has 5 nitrogen and oxygen atoms in total. The van der Waals surface area contributed by atoms with Crippen LogP contribution in [-0.4, -0.2) is 10.8 Å². The van der Waals surface area contributed by atoms with Crippen molar-refractivity contribution in [2.24, 2.45) is 0 Å². The maximum Gasteiger partial charge on any atom is 0.285 e. The van der Waals surface area contributed by atoms with E-state index in [1.807, 2.05) is 6.07 Å². The number of carbonyl (C=O) groups excluding carboxylic acids is 1. The van der Waals surface area contributed by atoms with E-state index < -0.39 is 22.3 Å². The first-order valence-corrected chi connectivity index (χ1v) is 6.69. The number of hydrogen-bond acceptors (Lipinski definition) is 3. The molecular weight excluding hydrogens is 343 g/mol. The van der Waals surface area contributed by atoms with Crippen LogP contribution in [0.25, 0.3) is 0 Å². The van der Waals surface area contributed by atoms with Gasteiger partial charge in [-0.25, -0.2) is 4.39 Å². The minimum atomic E-state index is -0.786. The third-order valence-corrected chi connectivity index (χ3v) is 3.34. The van der Waals surface area contributed by atoms with Crippen molar-refractivity contribution in [2.45, 2.75) is 6.92 Å². The molecule has 1 amide bonds. The van der Waals surface area contributed by atoms with Crippen molar-refractivity contribution >= 4 is 33.2 Å². The molecule has 21 heavy (non-hydrogen) atoms. The summed E-state index contributed by atoms with van der Waals surface area (Å²) in [6.07, 6.45) is 0. The molecule has 2 aromatic rings. The van der Waals surface area contributed by atoms with E-state index in [0.29, 0.717) is 5.69 Å². The number of nitro groups is 1. The van der Waals surface area contributed by atoms with E-state index >= 15 is 0 Å². The van der Waals surface area contributed by atoms with Crippen LogP contribution < -0.4 is 5.32 Å². The highest BCUT2D eigenvalue weighted by Gasteiger charge is 2.21. The summed E-state index contributed by atoms with van der Waals surface area (Å²) in [4.78, 5) is 22.3. The fraction of sp³-hybridized carbons (Fsp3) is 0.0714. The minimum absolute atomic E-state index is 0.194. The second-order valence-corrected chi connectivity index (χ2v) is 5.25. The lowest BCUT2D eigenvalue weighted by atomic mass is 10.1. The first-order chi connectivity index (χ1) is 9.88. The Bertz CT molecular complexity index is 734. The fourth-order valence-electron chi connectivity index (χ4n) is 1.77. The lowest BCUT2D eigenvalue weighted by Crippen LogP contribution is -2.15. The van der Waals surface area contributed by atoms with E-state index in [1.165, 1.54) is 0 Å². The van der Waals surface area contributed by atoms with Gasteiger partial charge in [0.1, 0.15) is 11.4 Å². The Kier molecular flexibility index (Phi) is 4.32. The molecule has 0 fully saturated rings. The summed E-state index contributed by atoms with van der Waals surface area (Å²) in [5, 5.41) is 13.5. The van der Waals surface area contributed by atoms with Gasteiger partial charge in [0, 0.05) is 10.2 Å². The highest BCUT2D eigenvalue weighted by atomic mass is 79.9. The predicted octanol–water partition coefficient (Wildman–Crippen LogP) is 4.06. The van der Waals surface area contributed by atoms with Crippen LogP contribution in [0.5, 0.6) is 0 Å². The maximum absolute atomic E-state index is 13.1. The third kappa shape index (κ3) is 3.43. The largest absolute Gasteiger partial charge is 0.321 e. The number of halogens is 2. The molecule has 0 aliphatic carbocycles. The van der Waals surface area contributed by atoms with Crippen molar-refractivity contribution in [3.8, 4) is 0 Å². The molecule has 0 saturated carbocycles. The molecule has 7 heteroatoms. The number of nitrogens with one attached hydrogen (secondary N) is 1. The SMILES string of the molecule is Cc1ccc(Br)cc1NC(=O)c1ccc(F)cc1[N+](=O)[O-]. The Morgan fingerprint density at radius 1 is 1.29 bits per heavy atom. The average molecular weight is 353 g/mol. The van der Waals surface area contributed by atoms with Gasteiger partial charge in [0.05, 0.1) is 11.0 Å². The molecule has 0 atom stereocenters. The maximum atomic E-state index is 13.1. The number of carbonyl (C=O) groups is 1. The summed E-state index contributed by atoms with van der Waals surface area (Å²) in [6, 6.07) is 8.11. The Balaban J connectivity index is 2.37. The first-order valence-electron chi connectivity index (χ1n) is 5.90. The summed E-state index contributed by atoms with van der Waals surface area (Å²) < 4.78 is 13.8. The van der Waals surface area contributed by atoms with Crippen LogP contribution in [-0.2, 0) is 0 Å². The van der Waals surface area contributed by atoms with Crippen molar-refractivity contribution in [3.63, 3.8) is 0 Å². The van der Waals surface area contributed by atoms with Gasteiger partial charge in [0.25, 0.3) is 11.6 Å². The van der Waals surface area contributed by atoms with Crippen LogP contribution in [0, 0.1) is 22.9 Å². The number of nitrogens with zero attached hydrogens (tertiary/aromatic N) is 1. The zero-order chi connectivity index (χ0) is 15.6. The third-order valence-electron chi connectivity index (χ3n) is 2.85. The number of hydrogen-bond donors (Lipinski definition) is 1. The molecule has 0 unspecified atom stereocenters. The summed E-state index contributed by atoms with van der Waals surface area (Å²) in [5.41, 5.74) is 0.560. The number of aryl methyl sites for hydroxylation is 1. The van der Waals surface area contributed by atoms with Gasteiger partial charge in [-0.15, -0.1) is 0 Å². The Morgan fingerprint density at radius 3 is 2.67 bits per heavy atom. The number of amides is 1. The second kappa shape index (κ2) is 6.01.